The molecule has 1 aromatic carbocycles. The molecular formula is C21H25N5O5S2. The maximum atomic E-state index is 13.0. The van der Waals surface area contributed by atoms with Crippen molar-refractivity contribution in [2.45, 2.75) is 23.9 Å². The minimum atomic E-state index is -3.67. The monoisotopic (exact) mass is 491 g/mol. The van der Waals surface area contributed by atoms with Crippen molar-refractivity contribution < 1.29 is 22.4 Å². The summed E-state index contributed by atoms with van der Waals surface area (Å²) >= 11 is 1.24. The van der Waals surface area contributed by atoms with E-state index in [1.54, 1.807) is 29.9 Å². The van der Waals surface area contributed by atoms with Crippen LogP contribution in [0.4, 0.5) is 5.69 Å². The van der Waals surface area contributed by atoms with Gasteiger partial charge < -0.3 is 19.0 Å². The van der Waals surface area contributed by atoms with Crippen molar-refractivity contribution >= 4 is 33.4 Å². The van der Waals surface area contributed by atoms with Crippen molar-refractivity contribution in [3.8, 4) is 11.4 Å². The molecule has 0 radical (unpaired) electrons. The topological polar surface area (TPSA) is 120 Å². The van der Waals surface area contributed by atoms with Gasteiger partial charge in [0.15, 0.2) is 11.0 Å². The third kappa shape index (κ3) is 4.98. The highest BCUT2D eigenvalue weighted by molar-refractivity contribution is 7.99. The number of benzene rings is 1. The number of nitrogens with zero attached hydrogens (tertiary/aromatic N) is 4. The Morgan fingerprint density at radius 1 is 1.18 bits per heavy atom. The summed E-state index contributed by atoms with van der Waals surface area (Å²) < 4.78 is 39.9. The number of morpholine rings is 1. The second-order valence-electron chi connectivity index (χ2n) is 7.59. The normalized spacial score (nSPS) is 15.0. The van der Waals surface area contributed by atoms with Gasteiger partial charge in [0.25, 0.3) is 0 Å². The van der Waals surface area contributed by atoms with Crippen molar-refractivity contribution in [2.24, 2.45) is 7.05 Å². The molecule has 3 heterocycles. The molecule has 1 amide bonds. The number of hydrogen-bond donors (Lipinski definition) is 1. The lowest BCUT2D eigenvalue weighted by Crippen LogP contribution is -2.40. The SMILES string of the molecule is Cc1ccc(NC(=O)CSc2nnc(-c3ccoc3C)n2C)cc1S(=O)(=O)N1CCOCC1. The first-order valence-corrected chi connectivity index (χ1v) is 12.7. The Kier molecular flexibility index (Phi) is 6.88. The number of ether oxygens (including phenoxy) is 1. The summed E-state index contributed by atoms with van der Waals surface area (Å²) in [7, 11) is -1.84. The van der Waals surface area contributed by atoms with Crippen LogP contribution in [-0.2, 0) is 26.6 Å². The fraction of sp³-hybridized carbons (Fsp3) is 0.381. The number of nitrogens with one attached hydrogen (secondary N) is 1. The summed E-state index contributed by atoms with van der Waals surface area (Å²) in [6.07, 6.45) is 1.59. The van der Waals surface area contributed by atoms with E-state index in [1.165, 1.54) is 22.1 Å². The summed E-state index contributed by atoms with van der Waals surface area (Å²) in [5.74, 6) is 1.21. The van der Waals surface area contributed by atoms with E-state index in [2.05, 4.69) is 15.5 Å². The lowest BCUT2D eigenvalue weighted by Gasteiger charge is -2.26. The Morgan fingerprint density at radius 2 is 1.94 bits per heavy atom. The van der Waals surface area contributed by atoms with E-state index in [0.717, 1.165) is 11.3 Å². The van der Waals surface area contributed by atoms with E-state index in [1.807, 2.05) is 20.0 Å². The molecule has 2 aromatic heterocycles. The van der Waals surface area contributed by atoms with Crippen molar-refractivity contribution in [1.82, 2.24) is 19.1 Å². The van der Waals surface area contributed by atoms with Crippen LogP contribution in [0.5, 0.6) is 0 Å². The number of aryl methyl sites for hydroxylation is 2. The van der Waals surface area contributed by atoms with Crippen LogP contribution in [0.25, 0.3) is 11.4 Å². The molecule has 0 unspecified atom stereocenters. The molecule has 12 heteroatoms. The average molecular weight is 492 g/mol. The molecule has 0 aliphatic carbocycles. The number of anilines is 1. The first-order chi connectivity index (χ1) is 15.8. The van der Waals surface area contributed by atoms with Gasteiger partial charge in [-0.15, -0.1) is 10.2 Å². The maximum Gasteiger partial charge on any atom is 0.243 e. The third-order valence-electron chi connectivity index (χ3n) is 5.33. The number of thioether (sulfide) groups is 1. The highest BCUT2D eigenvalue weighted by atomic mass is 32.2. The molecule has 1 aliphatic heterocycles. The van der Waals surface area contributed by atoms with Gasteiger partial charge in [-0.1, -0.05) is 17.8 Å². The maximum absolute atomic E-state index is 13.0. The Bertz CT molecular complexity index is 1260. The van der Waals surface area contributed by atoms with Crippen LogP contribution in [0, 0.1) is 13.8 Å². The molecule has 176 valence electrons. The average Bonchev–Trinajstić information content (AvgIpc) is 3.38. The summed E-state index contributed by atoms with van der Waals surface area (Å²) in [6, 6.07) is 6.71. The van der Waals surface area contributed by atoms with E-state index in [4.69, 9.17) is 9.15 Å². The molecule has 4 rings (SSSR count). The van der Waals surface area contributed by atoms with Crippen LogP contribution < -0.4 is 5.32 Å². The zero-order valence-electron chi connectivity index (χ0n) is 18.6. The van der Waals surface area contributed by atoms with Gasteiger partial charge in [0, 0.05) is 25.8 Å². The van der Waals surface area contributed by atoms with Gasteiger partial charge in [-0.3, -0.25) is 4.79 Å². The number of sulfonamides is 1. The second-order valence-corrected chi connectivity index (χ2v) is 10.4. The summed E-state index contributed by atoms with van der Waals surface area (Å²) in [5.41, 5.74) is 1.88. The van der Waals surface area contributed by atoms with Gasteiger partial charge >= 0.3 is 0 Å². The number of hydrogen-bond acceptors (Lipinski definition) is 8. The number of amides is 1. The Labute approximate surface area is 196 Å². The molecule has 0 spiro atoms. The number of carbonyl (C=O) groups excluding carboxylic acids is 1. The number of carbonyl (C=O) groups is 1. The molecule has 3 aromatic rings. The molecule has 1 saturated heterocycles. The van der Waals surface area contributed by atoms with Gasteiger partial charge in [0.1, 0.15) is 5.76 Å². The lowest BCUT2D eigenvalue weighted by molar-refractivity contribution is -0.113. The zero-order valence-corrected chi connectivity index (χ0v) is 20.2. The van der Waals surface area contributed by atoms with Crippen molar-refractivity contribution in [2.75, 3.05) is 37.4 Å². The Hall–Kier alpha value is -2.67. The van der Waals surface area contributed by atoms with Crippen LogP contribution in [0.3, 0.4) is 0 Å². The highest BCUT2D eigenvalue weighted by Crippen LogP contribution is 2.27. The van der Waals surface area contributed by atoms with Gasteiger partial charge in [-0.2, -0.15) is 4.31 Å². The van der Waals surface area contributed by atoms with E-state index >= 15 is 0 Å². The van der Waals surface area contributed by atoms with Crippen LogP contribution in [0.1, 0.15) is 11.3 Å². The number of rotatable bonds is 7. The summed E-state index contributed by atoms with van der Waals surface area (Å²) in [6.45, 7) is 4.95. The van der Waals surface area contributed by atoms with E-state index < -0.39 is 10.0 Å². The van der Waals surface area contributed by atoms with Gasteiger partial charge in [-0.05, 0) is 37.6 Å². The second kappa shape index (κ2) is 9.67. The predicted octanol–water partition coefficient (Wildman–Crippen LogP) is 2.44. The number of aromatic nitrogens is 3. The van der Waals surface area contributed by atoms with E-state index in [9.17, 15) is 13.2 Å². The van der Waals surface area contributed by atoms with Crippen molar-refractivity contribution in [3.63, 3.8) is 0 Å². The van der Waals surface area contributed by atoms with E-state index in [0.29, 0.717) is 48.5 Å². The summed E-state index contributed by atoms with van der Waals surface area (Å²) in [5, 5.41) is 11.7. The molecule has 33 heavy (non-hydrogen) atoms. The van der Waals surface area contributed by atoms with Crippen LogP contribution in [-0.4, -0.2) is 65.5 Å². The van der Waals surface area contributed by atoms with Gasteiger partial charge in [0.05, 0.1) is 35.7 Å². The van der Waals surface area contributed by atoms with Crippen LogP contribution in [0.2, 0.25) is 0 Å². The van der Waals surface area contributed by atoms with Crippen molar-refractivity contribution in [1.29, 1.82) is 0 Å². The fourth-order valence-electron chi connectivity index (χ4n) is 3.50. The molecule has 1 N–H and O–H groups in total. The fourth-order valence-corrected chi connectivity index (χ4v) is 5.87. The highest BCUT2D eigenvalue weighted by Gasteiger charge is 2.28. The van der Waals surface area contributed by atoms with Crippen molar-refractivity contribution in [3.05, 3.63) is 41.9 Å². The molecule has 10 nitrogen and oxygen atoms in total. The molecule has 0 saturated carbocycles. The standard InChI is InChI=1S/C21H25N5O5S2/c1-14-4-5-16(12-18(14)33(28,29)26-7-10-30-11-8-26)22-19(27)13-32-21-24-23-20(25(21)3)17-6-9-31-15(17)2/h4-6,9,12H,7-8,10-11,13H2,1-3H3,(H,22,27). The number of furan rings is 1. The van der Waals surface area contributed by atoms with Crippen LogP contribution in [0.15, 0.2) is 45.0 Å². The van der Waals surface area contributed by atoms with Gasteiger partial charge in [-0.25, -0.2) is 8.42 Å². The largest absolute Gasteiger partial charge is 0.469 e. The molecule has 1 aliphatic rings. The molecule has 1 fully saturated rings. The third-order valence-corrected chi connectivity index (χ3v) is 8.39. The first kappa shape index (κ1) is 23.5. The summed E-state index contributed by atoms with van der Waals surface area (Å²) in [4.78, 5) is 12.7. The van der Waals surface area contributed by atoms with E-state index in [-0.39, 0.29) is 16.6 Å². The zero-order chi connectivity index (χ0) is 23.6. The smallest absolute Gasteiger partial charge is 0.243 e. The Morgan fingerprint density at radius 3 is 2.64 bits per heavy atom. The van der Waals surface area contributed by atoms with Gasteiger partial charge in [0.2, 0.25) is 15.9 Å². The predicted molar refractivity (Wildman–Crippen MR) is 124 cm³/mol. The molecule has 0 bridgehead atoms. The minimum Gasteiger partial charge on any atom is -0.469 e. The van der Waals surface area contributed by atoms with Crippen LogP contribution >= 0.6 is 11.8 Å². The molecular weight excluding hydrogens is 466 g/mol. The first-order valence-electron chi connectivity index (χ1n) is 10.3. The Balaban J connectivity index is 1.43. The minimum absolute atomic E-state index is 0.0930. The quantitative estimate of drug-likeness (QED) is 0.501. The lowest BCUT2D eigenvalue weighted by atomic mass is 10.2. The molecule has 0 atom stereocenters.